The third-order valence-electron chi connectivity index (χ3n) is 4.06. The van der Waals surface area contributed by atoms with Gasteiger partial charge in [-0.2, -0.15) is 13.5 Å². The van der Waals surface area contributed by atoms with Gasteiger partial charge in [-0.15, -0.1) is 0 Å². The Bertz CT molecular complexity index is 284. The molecule has 4 nitrogen and oxygen atoms in total. The third-order valence-corrected chi connectivity index (χ3v) is 4.06. The van der Waals surface area contributed by atoms with E-state index in [1.165, 1.54) is 51.4 Å². The minimum absolute atomic E-state index is 0. The van der Waals surface area contributed by atoms with Crippen molar-refractivity contribution < 1.29 is 19.1 Å². The number of carbonyl (C=O) groups is 2. The summed E-state index contributed by atoms with van der Waals surface area (Å²) in [7, 11) is 0. The molecular formula is C20H40NaO4S. The van der Waals surface area contributed by atoms with Crippen molar-refractivity contribution in [2.45, 2.75) is 104 Å². The molecule has 0 amide bonds. The summed E-state index contributed by atoms with van der Waals surface area (Å²) >= 11 is 0. The molecule has 0 aliphatic carbocycles. The summed E-state index contributed by atoms with van der Waals surface area (Å²) in [5.74, 6) is -0.583. The first-order chi connectivity index (χ1) is 11.7. The Labute approximate surface area is 190 Å². The molecule has 151 valence electrons. The zero-order valence-electron chi connectivity index (χ0n) is 17.4. The van der Waals surface area contributed by atoms with Gasteiger partial charge in [-0.1, -0.05) is 78.1 Å². The van der Waals surface area contributed by atoms with Crippen LogP contribution in [0.15, 0.2) is 0 Å². The summed E-state index contributed by atoms with van der Waals surface area (Å²) in [6.45, 7) is 5.33. The maximum absolute atomic E-state index is 11.5. The zero-order valence-corrected chi connectivity index (χ0v) is 20.4. The van der Waals surface area contributed by atoms with Crippen LogP contribution >= 0.6 is 13.5 Å². The number of ether oxygens (including phenoxy) is 2. The summed E-state index contributed by atoms with van der Waals surface area (Å²) in [5.41, 5.74) is 0. The Balaban J connectivity index is -0.00000264. The first-order valence-electron chi connectivity index (χ1n) is 10.0. The van der Waals surface area contributed by atoms with Crippen LogP contribution in [0.5, 0.6) is 0 Å². The van der Waals surface area contributed by atoms with E-state index in [0.717, 1.165) is 25.7 Å². The van der Waals surface area contributed by atoms with E-state index in [1.807, 2.05) is 0 Å². The third kappa shape index (κ3) is 24.3. The number of hydrogen-bond acceptors (Lipinski definition) is 4. The van der Waals surface area contributed by atoms with Gasteiger partial charge < -0.3 is 9.47 Å². The molecule has 0 aromatic heterocycles. The predicted molar refractivity (Wildman–Crippen MR) is 114 cm³/mol. The minimum Gasteiger partial charge on any atom is -0.466 e. The summed E-state index contributed by atoms with van der Waals surface area (Å²) in [6, 6.07) is 0. The molecule has 0 aromatic carbocycles. The maximum Gasteiger partial charge on any atom is 0.306 e. The summed E-state index contributed by atoms with van der Waals surface area (Å²) < 4.78 is 10.3. The molecular weight excluding hydrogens is 359 g/mol. The number of unbranched alkanes of at least 4 members (excludes halogenated alkanes) is 10. The SMILES string of the molecule is CCCCCCCCOC(=O)CCC(=O)OCCCCCCCC.S.[Na]. The van der Waals surface area contributed by atoms with Crippen LogP contribution in [0.25, 0.3) is 0 Å². The van der Waals surface area contributed by atoms with Gasteiger partial charge in [-0.25, -0.2) is 0 Å². The standard InChI is InChI=1S/C20H38O4.Na.H2S/c1-3-5-7-9-11-13-17-23-19(21)15-16-20(22)24-18-14-12-10-8-6-4-2;;/h3-18H2,1-2H3;;1H2. The van der Waals surface area contributed by atoms with Gasteiger partial charge in [-0.3, -0.25) is 9.59 Å². The van der Waals surface area contributed by atoms with E-state index in [2.05, 4.69) is 13.8 Å². The van der Waals surface area contributed by atoms with Gasteiger partial charge in [0.05, 0.1) is 26.1 Å². The molecule has 0 aromatic rings. The van der Waals surface area contributed by atoms with E-state index >= 15 is 0 Å². The van der Waals surface area contributed by atoms with E-state index in [0.29, 0.717) is 13.2 Å². The van der Waals surface area contributed by atoms with E-state index in [1.54, 1.807) is 0 Å². The van der Waals surface area contributed by atoms with Crippen molar-refractivity contribution >= 4 is 55.0 Å². The van der Waals surface area contributed by atoms with Crippen LogP contribution in [0.2, 0.25) is 0 Å². The summed E-state index contributed by atoms with van der Waals surface area (Å²) in [4.78, 5) is 23.1. The molecule has 0 N–H and O–H groups in total. The van der Waals surface area contributed by atoms with E-state index in [4.69, 9.17) is 9.47 Å². The fourth-order valence-electron chi connectivity index (χ4n) is 2.49. The molecule has 6 heteroatoms. The summed E-state index contributed by atoms with van der Waals surface area (Å²) in [5, 5.41) is 0. The Kier molecular flexibility index (Phi) is 30.2. The molecule has 0 spiro atoms. The number of carbonyl (C=O) groups excluding carboxylic acids is 2. The van der Waals surface area contributed by atoms with Gasteiger partial charge in [0.2, 0.25) is 0 Å². The Morgan fingerprint density at radius 1 is 0.577 bits per heavy atom. The first-order valence-corrected chi connectivity index (χ1v) is 10.0. The van der Waals surface area contributed by atoms with Gasteiger partial charge in [0.25, 0.3) is 0 Å². The van der Waals surface area contributed by atoms with Gasteiger partial charge >= 0.3 is 11.9 Å². The molecule has 0 saturated heterocycles. The monoisotopic (exact) mass is 399 g/mol. The van der Waals surface area contributed by atoms with Crippen LogP contribution in [-0.4, -0.2) is 54.7 Å². The largest absolute Gasteiger partial charge is 0.466 e. The number of hydrogen-bond donors (Lipinski definition) is 0. The van der Waals surface area contributed by atoms with Crippen molar-refractivity contribution in [2.75, 3.05) is 13.2 Å². The van der Waals surface area contributed by atoms with Crippen molar-refractivity contribution in [2.24, 2.45) is 0 Å². The molecule has 1 radical (unpaired) electrons. The molecule has 0 aliphatic rings. The predicted octanol–water partition coefficient (Wildman–Crippen LogP) is 5.31. The van der Waals surface area contributed by atoms with Crippen LogP contribution in [0.3, 0.4) is 0 Å². The molecule has 0 fully saturated rings. The number of esters is 2. The second kappa shape index (κ2) is 25.3. The first kappa shape index (κ1) is 31.0. The number of rotatable bonds is 17. The average molecular weight is 400 g/mol. The molecule has 26 heavy (non-hydrogen) atoms. The Morgan fingerprint density at radius 3 is 1.23 bits per heavy atom. The topological polar surface area (TPSA) is 52.6 Å². The van der Waals surface area contributed by atoms with Crippen LogP contribution in [0.1, 0.15) is 104 Å². The molecule has 0 unspecified atom stereocenters. The second-order valence-corrected chi connectivity index (χ2v) is 6.48. The van der Waals surface area contributed by atoms with Crippen LogP contribution in [-0.2, 0) is 19.1 Å². The van der Waals surface area contributed by atoms with Crippen LogP contribution in [0, 0.1) is 0 Å². The Hall–Kier alpha value is 0.290. The van der Waals surface area contributed by atoms with Gasteiger partial charge in [0.15, 0.2) is 0 Å². The van der Waals surface area contributed by atoms with Gasteiger partial charge in [0.1, 0.15) is 0 Å². The Morgan fingerprint density at radius 2 is 0.885 bits per heavy atom. The molecule has 0 saturated carbocycles. The van der Waals surface area contributed by atoms with E-state index in [9.17, 15) is 9.59 Å². The quantitative estimate of drug-likeness (QED) is 0.189. The van der Waals surface area contributed by atoms with Crippen molar-refractivity contribution in [1.82, 2.24) is 0 Å². The maximum atomic E-state index is 11.5. The summed E-state index contributed by atoms with van der Waals surface area (Å²) in [6.07, 6.45) is 14.3. The van der Waals surface area contributed by atoms with Crippen molar-refractivity contribution in [3.8, 4) is 0 Å². The van der Waals surface area contributed by atoms with Gasteiger partial charge in [0, 0.05) is 29.6 Å². The molecule has 0 rings (SSSR count). The van der Waals surface area contributed by atoms with Crippen LogP contribution in [0.4, 0.5) is 0 Å². The molecule has 0 aliphatic heterocycles. The average Bonchev–Trinajstić information content (AvgIpc) is 2.58. The van der Waals surface area contributed by atoms with Crippen molar-refractivity contribution in [3.05, 3.63) is 0 Å². The second-order valence-electron chi connectivity index (χ2n) is 6.48. The van der Waals surface area contributed by atoms with E-state index in [-0.39, 0.29) is 67.8 Å². The van der Waals surface area contributed by atoms with Crippen molar-refractivity contribution in [3.63, 3.8) is 0 Å². The molecule has 0 bridgehead atoms. The van der Waals surface area contributed by atoms with Gasteiger partial charge in [-0.05, 0) is 12.8 Å². The minimum atomic E-state index is -0.292. The normalized spacial score (nSPS) is 9.77. The van der Waals surface area contributed by atoms with Crippen molar-refractivity contribution in [1.29, 1.82) is 0 Å². The fraction of sp³-hybridized carbons (Fsp3) is 0.900. The molecule has 0 atom stereocenters. The smallest absolute Gasteiger partial charge is 0.306 e. The van der Waals surface area contributed by atoms with Crippen LogP contribution < -0.4 is 0 Å². The fourth-order valence-corrected chi connectivity index (χ4v) is 2.49. The van der Waals surface area contributed by atoms with E-state index < -0.39 is 0 Å². The zero-order chi connectivity index (χ0) is 17.9. The molecule has 0 heterocycles.